The van der Waals surface area contributed by atoms with Gasteiger partial charge in [0.2, 0.25) is 17.7 Å². The number of urea groups is 1. The van der Waals surface area contributed by atoms with Crippen molar-refractivity contribution < 1.29 is 62.5 Å². The molecule has 1 aliphatic heterocycles. The Bertz CT molecular complexity index is 833. The molecule has 5 amide bonds. The maximum absolute atomic E-state index is 11.9. The normalized spacial score (nSPS) is 17.9. The summed E-state index contributed by atoms with van der Waals surface area (Å²) in [5.74, 6) is -1.16. The molecule has 38 heavy (non-hydrogen) atoms. The first-order valence-corrected chi connectivity index (χ1v) is 15.6. The van der Waals surface area contributed by atoms with Crippen molar-refractivity contribution in [2.24, 2.45) is 0 Å². The molecule has 1 heterocycles. The van der Waals surface area contributed by atoms with Crippen LogP contribution in [-0.4, -0.2) is 65.4 Å². The van der Waals surface area contributed by atoms with Crippen LogP contribution in [0.2, 0.25) is 0 Å². The average Bonchev–Trinajstić information content (AvgIpc) is 3.16. The predicted molar refractivity (Wildman–Crippen MR) is 141 cm³/mol. The molecule has 3 atom stereocenters. The van der Waals surface area contributed by atoms with Crippen molar-refractivity contribution in [2.75, 3.05) is 25.4 Å². The second-order valence-corrected chi connectivity index (χ2v) is 12.4. The zero-order chi connectivity index (χ0) is 27.5. The van der Waals surface area contributed by atoms with Crippen LogP contribution >= 0.6 is 0 Å². The van der Waals surface area contributed by atoms with Crippen molar-refractivity contribution in [2.45, 2.75) is 96.1 Å². The largest absolute Gasteiger partial charge is 1.00 e. The molecule has 0 aliphatic carbocycles. The molecule has 1 aliphatic rings. The predicted octanol–water partition coefficient (Wildman–Crippen LogP) is -2.96. The fourth-order valence-electron chi connectivity index (χ4n) is 3.90. The van der Waals surface area contributed by atoms with Crippen LogP contribution < -0.4 is 61.4 Å². The van der Waals surface area contributed by atoms with E-state index in [9.17, 15) is 28.6 Å². The van der Waals surface area contributed by atoms with Gasteiger partial charge in [0, 0.05) is 49.7 Å². The van der Waals surface area contributed by atoms with Crippen molar-refractivity contribution in [1.82, 2.24) is 26.6 Å². The number of nitrogens with one attached hydrogen (secondary N) is 5. The molecule has 0 spiro atoms. The molecule has 0 aromatic carbocycles. The molecule has 0 saturated carbocycles. The van der Waals surface area contributed by atoms with Gasteiger partial charge >= 0.3 is 35.6 Å². The first kappa shape index (κ1) is 37.0. The van der Waals surface area contributed by atoms with E-state index >= 15 is 0 Å². The molecule has 214 valence electrons. The van der Waals surface area contributed by atoms with Crippen molar-refractivity contribution in [1.29, 1.82) is 0 Å². The smallest absolute Gasteiger partial charge is 0.709 e. The summed E-state index contributed by atoms with van der Waals surface area (Å²) >= 11 is 4.35. The van der Waals surface area contributed by atoms with Gasteiger partial charge in [-0.15, -0.1) is 0 Å². The summed E-state index contributed by atoms with van der Waals surface area (Å²) in [5, 5.41) is 24.1. The Morgan fingerprint density at radius 2 is 1.32 bits per heavy atom. The first-order chi connectivity index (χ1) is 17.6. The van der Waals surface area contributed by atoms with Crippen LogP contribution in [-0.2, 0) is 38.7 Å². The molecule has 0 bridgehead atoms. The van der Waals surface area contributed by atoms with Gasteiger partial charge in [-0.05, 0) is 51.9 Å². The molecule has 1 fully saturated rings. The SMILES string of the molecule is CC1NC(=O)NC1CCCCCC(=O)NCCCCCC(=O)NCCCCCNC(=O)CS(=O)(=S)O[O-].[Na+]. The van der Waals surface area contributed by atoms with E-state index in [1.807, 2.05) is 6.92 Å². The number of unbranched alkanes of at least 4 members (excludes halogenated alkanes) is 6. The molecular formula is C23H42N5NaO7S2. The third kappa shape index (κ3) is 19.1. The van der Waals surface area contributed by atoms with Gasteiger partial charge in [0.15, 0.2) is 0 Å². The van der Waals surface area contributed by atoms with Gasteiger partial charge < -0.3 is 36.2 Å². The van der Waals surface area contributed by atoms with Crippen molar-refractivity contribution in [3.05, 3.63) is 0 Å². The van der Waals surface area contributed by atoms with Crippen molar-refractivity contribution >= 4 is 43.7 Å². The van der Waals surface area contributed by atoms with Gasteiger partial charge in [-0.25, -0.2) is 9.00 Å². The topological polar surface area (TPSA) is 178 Å². The van der Waals surface area contributed by atoms with Crippen LogP contribution in [0.15, 0.2) is 0 Å². The molecule has 1 saturated heterocycles. The Kier molecular flexibility index (Phi) is 21.2. The zero-order valence-corrected chi connectivity index (χ0v) is 26.3. The average molecular weight is 588 g/mol. The Morgan fingerprint density at radius 1 is 0.842 bits per heavy atom. The molecule has 3 unspecified atom stereocenters. The van der Waals surface area contributed by atoms with E-state index in [1.165, 1.54) is 0 Å². The van der Waals surface area contributed by atoms with E-state index in [0.717, 1.165) is 57.8 Å². The van der Waals surface area contributed by atoms with Crippen molar-refractivity contribution in [3.63, 3.8) is 0 Å². The number of amides is 5. The molecule has 0 aromatic heterocycles. The number of hydrogen-bond donors (Lipinski definition) is 5. The van der Waals surface area contributed by atoms with Crippen LogP contribution in [0.1, 0.15) is 84.0 Å². The molecule has 0 aromatic rings. The number of hydrogen-bond acceptors (Lipinski definition) is 8. The molecule has 1 rings (SSSR count). The van der Waals surface area contributed by atoms with Crippen LogP contribution in [0.5, 0.6) is 0 Å². The van der Waals surface area contributed by atoms with Gasteiger partial charge in [0.25, 0.3) is 0 Å². The molecular weight excluding hydrogens is 545 g/mol. The third-order valence-electron chi connectivity index (χ3n) is 6.01. The second kappa shape index (κ2) is 21.8. The Labute approximate surface area is 253 Å². The monoisotopic (exact) mass is 587 g/mol. The van der Waals surface area contributed by atoms with Crippen molar-refractivity contribution in [3.8, 4) is 0 Å². The fourth-order valence-corrected chi connectivity index (χ4v) is 4.69. The second-order valence-electron chi connectivity index (χ2n) is 9.30. The summed E-state index contributed by atoms with van der Waals surface area (Å²) in [6, 6.07) is 0.214. The van der Waals surface area contributed by atoms with Gasteiger partial charge in [0.05, 0.1) is 6.04 Å². The van der Waals surface area contributed by atoms with E-state index in [2.05, 4.69) is 42.1 Å². The molecule has 15 heteroatoms. The van der Waals surface area contributed by atoms with Crippen LogP contribution in [0, 0.1) is 0 Å². The number of carbonyl (C=O) groups excluding carboxylic acids is 4. The molecule has 0 radical (unpaired) electrons. The van der Waals surface area contributed by atoms with E-state index in [4.69, 9.17) is 0 Å². The van der Waals surface area contributed by atoms with Crippen LogP contribution in [0.4, 0.5) is 4.79 Å². The van der Waals surface area contributed by atoms with E-state index in [0.29, 0.717) is 38.9 Å². The summed E-state index contributed by atoms with van der Waals surface area (Å²) in [6.45, 7) is 3.52. The summed E-state index contributed by atoms with van der Waals surface area (Å²) in [4.78, 5) is 46.5. The van der Waals surface area contributed by atoms with E-state index in [1.54, 1.807) is 0 Å². The minimum Gasteiger partial charge on any atom is -0.709 e. The van der Waals surface area contributed by atoms with Crippen LogP contribution in [0.25, 0.3) is 0 Å². The molecule has 5 N–H and O–H groups in total. The number of carbonyl (C=O) groups is 4. The maximum atomic E-state index is 11.9. The first-order valence-electron chi connectivity index (χ1n) is 13.0. The summed E-state index contributed by atoms with van der Waals surface area (Å²) < 4.78 is 14.6. The van der Waals surface area contributed by atoms with E-state index < -0.39 is 20.4 Å². The van der Waals surface area contributed by atoms with Gasteiger partial charge in [-0.2, -0.15) is 0 Å². The zero-order valence-electron chi connectivity index (χ0n) is 22.6. The third-order valence-corrected chi connectivity index (χ3v) is 7.35. The van der Waals surface area contributed by atoms with Gasteiger partial charge in [-0.3, -0.25) is 14.4 Å². The van der Waals surface area contributed by atoms with Gasteiger partial charge in [0.1, 0.15) is 14.5 Å². The maximum Gasteiger partial charge on any atom is 1.00 e. The summed E-state index contributed by atoms with van der Waals surface area (Å²) in [5.41, 5.74) is 0. The van der Waals surface area contributed by atoms with Crippen LogP contribution in [0.3, 0.4) is 0 Å². The minimum atomic E-state index is -3.52. The standard InChI is InChI=1S/C23H43N5O7S2.Na/c1-18-19(28-23(32)27-18)11-5-2-6-12-20(29)24-14-8-3-7-13-21(30)25-15-9-4-10-16-26-22(31)17-37(34,36)35-33;/h18-19,33H,2-17H2,1H3,(H,24,29)(H,25,30)(H,26,31)(H2,27,28,32);/q;+1/p-1. The minimum absolute atomic E-state index is 0. The quantitative estimate of drug-likeness (QED) is 0.0409. The fraction of sp³-hybridized carbons (Fsp3) is 0.826. The Balaban J connectivity index is 0.0000137. The van der Waals surface area contributed by atoms with Gasteiger partial charge in [-0.1, -0.05) is 19.3 Å². The Hall–Kier alpha value is -1.03. The molecule has 12 nitrogen and oxygen atoms in total. The number of rotatable bonds is 21. The Morgan fingerprint density at radius 3 is 1.79 bits per heavy atom. The summed E-state index contributed by atoms with van der Waals surface area (Å²) in [6.07, 6.45) is 9.32. The summed E-state index contributed by atoms with van der Waals surface area (Å²) in [7, 11) is -3.52. The van der Waals surface area contributed by atoms with E-state index in [-0.39, 0.29) is 59.5 Å².